The molecule has 0 aliphatic carbocycles. The Balaban J connectivity index is 1.50. The van der Waals surface area contributed by atoms with Crippen molar-refractivity contribution in [3.05, 3.63) is 71.3 Å². The Hall–Kier alpha value is -2.75. The van der Waals surface area contributed by atoms with Gasteiger partial charge in [-0.15, -0.1) is 0 Å². The van der Waals surface area contributed by atoms with Crippen LogP contribution in [0.2, 0.25) is 5.02 Å². The second-order valence-electron chi connectivity index (χ2n) is 7.38. The van der Waals surface area contributed by atoms with Gasteiger partial charge in [-0.1, -0.05) is 23.7 Å². The van der Waals surface area contributed by atoms with Gasteiger partial charge in [-0.05, 0) is 55.7 Å². The average Bonchev–Trinajstić information content (AvgIpc) is 3.48. The van der Waals surface area contributed by atoms with Crippen LogP contribution >= 0.6 is 11.6 Å². The molecular weight excluding hydrogens is 438 g/mol. The SMILES string of the molecule is C[C@H](NC(=O)c1ccc(Cl)c(S(=O)(=O)N2CCCC2)c1)c1ccc(-n2cncn2)cc1. The molecule has 1 atom stereocenters. The Labute approximate surface area is 185 Å². The number of halogens is 1. The van der Waals surface area contributed by atoms with Gasteiger partial charge in [0.25, 0.3) is 5.91 Å². The third kappa shape index (κ3) is 4.48. The fourth-order valence-corrected chi connectivity index (χ4v) is 5.55. The van der Waals surface area contributed by atoms with Crippen LogP contribution in [0.3, 0.4) is 0 Å². The summed E-state index contributed by atoms with van der Waals surface area (Å²) in [6.45, 7) is 2.80. The highest BCUT2D eigenvalue weighted by Gasteiger charge is 2.30. The van der Waals surface area contributed by atoms with Crippen LogP contribution in [0.4, 0.5) is 0 Å². The van der Waals surface area contributed by atoms with Gasteiger partial charge in [0.2, 0.25) is 10.0 Å². The number of rotatable bonds is 6. The fourth-order valence-electron chi connectivity index (χ4n) is 3.53. The summed E-state index contributed by atoms with van der Waals surface area (Å²) in [5, 5.41) is 7.11. The molecule has 1 amide bonds. The van der Waals surface area contributed by atoms with Crippen molar-refractivity contribution in [2.75, 3.05) is 13.1 Å². The Morgan fingerprint density at radius 3 is 2.48 bits per heavy atom. The first kappa shape index (κ1) is 21.5. The number of carbonyl (C=O) groups is 1. The predicted molar refractivity (Wildman–Crippen MR) is 117 cm³/mol. The topological polar surface area (TPSA) is 97.2 Å². The summed E-state index contributed by atoms with van der Waals surface area (Å²) >= 11 is 6.17. The van der Waals surface area contributed by atoms with Crippen molar-refractivity contribution in [1.82, 2.24) is 24.4 Å². The molecule has 4 rings (SSSR count). The molecular formula is C21H22ClN5O3S. The van der Waals surface area contributed by atoms with E-state index in [0.717, 1.165) is 24.1 Å². The van der Waals surface area contributed by atoms with Crippen LogP contribution in [0.25, 0.3) is 5.69 Å². The number of nitrogens with zero attached hydrogens (tertiary/aromatic N) is 4. The monoisotopic (exact) mass is 459 g/mol. The molecule has 0 bridgehead atoms. The maximum atomic E-state index is 12.9. The smallest absolute Gasteiger partial charge is 0.251 e. The second kappa shape index (κ2) is 8.78. The van der Waals surface area contributed by atoms with Crippen LogP contribution in [0.5, 0.6) is 0 Å². The van der Waals surface area contributed by atoms with Crippen molar-refractivity contribution in [3.63, 3.8) is 0 Å². The van der Waals surface area contributed by atoms with Crippen molar-refractivity contribution in [2.45, 2.75) is 30.7 Å². The molecule has 1 aromatic heterocycles. The quantitative estimate of drug-likeness (QED) is 0.610. The van der Waals surface area contributed by atoms with Crippen LogP contribution in [0.15, 0.2) is 60.0 Å². The zero-order chi connectivity index (χ0) is 22.0. The number of hydrogen-bond donors (Lipinski definition) is 1. The van der Waals surface area contributed by atoms with E-state index in [2.05, 4.69) is 15.4 Å². The van der Waals surface area contributed by atoms with E-state index in [9.17, 15) is 13.2 Å². The Morgan fingerprint density at radius 1 is 1.13 bits per heavy atom. The molecule has 1 aliphatic rings. The molecule has 1 N–H and O–H groups in total. The maximum absolute atomic E-state index is 12.9. The first-order valence-corrected chi connectivity index (χ1v) is 11.7. The third-order valence-corrected chi connectivity index (χ3v) is 7.68. The van der Waals surface area contributed by atoms with E-state index < -0.39 is 10.0 Å². The minimum absolute atomic E-state index is 0.0337. The first-order valence-electron chi connectivity index (χ1n) is 9.92. The molecule has 2 heterocycles. The van der Waals surface area contributed by atoms with E-state index in [4.69, 9.17) is 11.6 Å². The molecule has 3 aromatic rings. The van der Waals surface area contributed by atoms with Gasteiger partial charge < -0.3 is 5.32 Å². The molecule has 8 nitrogen and oxygen atoms in total. The Kier molecular flexibility index (Phi) is 6.08. The van der Waals surface area contributed by atoms with Gasteiger partial charge in [0.15, 0.2) is 0 Å². The van der Waals surface area contributed by atoms with E-state index in [0.29, 0.717) is 13.1 Å². The number of hydrogen-bond acceptors (Lipinski definition) is 5. The molecule has 1 fully saturated rings. The normalized spacial score (nSPS) is 15.7. The highest BCUT2D eigenvalue weighted by Crippen LogP contribution is 2.28. The third-order valence-electron chi connectivity index (χ3n) is 5.30. The maximum Gasteiger partial charge on any atom is 0.251 e. The largest absolute Gasteiger partial charge is 0.346 e. The molecule has 162 valence electrons. The summed E-state index contributed by atoms with van der Waals surface area (Å²) in [5.74, 6) is -0.373. The number of carbonyl (C=O) groups excluding carboxylic acids is 1. The summed E-state index contributed by atoms with van der Waals surface area (Å²) in [4.78, 5) is 16.7. The molecule has 1 saturated heterocycles. The highest BCUT2D eigenvalue weighted by molar-refractivity contribution is 7.89. The first-order chi connectivity index (χ1) is 14.9. The Morgan fingerprint density at radius 2 is 1.84 bits per heavy atom. The zero-order valence-electron chi connectivity index (χ0n) is 16.9. The minimum atomic E-state index is -3.72. The van der Waals surface area contributed by atoms with Crippen LogP contribution < -0.4 is 5.32 Å². The van der Waals surface area contributed by atoms with Crippen molar-refractivity contribution < 1.29 is 13.2 Å². The highest BCUT2D eigenvalue weighted by atomic mass is 35.5. The molecule has 31 heavy (non-hydrogen) atoms. The summed E-state index contributed by atoms with van der Waals surface area (Å²) in [7, 11) is -3.72. The lowest BCUT2D eigenvalue weighted by atomic mass is 10.1. The van der Waals surface area contributed by atoms with E-state index in [1.807, 2.05) is 31.2 Å². The molecule has 10 heteroatoms. The van der Waals surface area contributed by atoms with Crippen molar-refractivity contribution in [1.29, 1.82) is 0 Å². The van der Waals surface area contributed by atoms with Crippen molar-refractivity contribution >= 4 is 27.5 Å². The minimum Gasteiger partial charge on any atom is -0.346 e. The van der Waals surface area contributed by atoms with Crippen LogP contribution in [-0.4, -0.2) is 46.5 Å². The number of benzene rings is 2. The van der Waals surface area contributed by atoms with Gasteiger partial charge in [-0.25, -0.2) is 18.1 Å². The lowest BCUT2D eigenvalue weighted by Gasteiger charge is -2.18. The summed E-state index contributed by atoms with van der Waals surface area (Å²) in [6.07, 6.45) is 4.71. The summed E-state index contributed by atoms with van der Waals surface area (Å²) in [6, 6.07) is 11.6. The van der Waals surface area contributed by atoms with Crippen molar-refractivity contribution in [2.24, 2.45) is 0 Å². The molecule has 0 unspecified atom stereocenters. The molecule has 0 saturated carbocycles. The van der Waals surface area contributed by atoms with Gasteiger partial charge in [0.1, 0.15) is 17.6 Å². The van der Waals surface area contributed by atoms with Gasteiger partial charge in [-0.2, -0.15) is 9.40 Å². The van der Waals surface area contributed by atoms with Gasteiger partial charge in [-0.3, -0.25) is 4.79 Å². The number of nitrogens with one attached hydrogen (secondary N) is 1. The van der Waals surface area contributed by atoms with Gasteiger partial charge in [0, 0.05) is 18.7 Å². The van der Waals surface area contributed by atoms with Crippen LogP contribution in [-0.2, 0) is 10.0 Å². The fraction of sp³-hybridized carbons (Fsp3) is 0.286. The van der Waals surface area contributed by atoms with Crippen LogP contribution in [0, 0.1) is 0 Å². The Bertz CT molecular complexity index is 1170. The average molecular weight is 460 g/mol. The van der Waals surface area contributed by atoms with E-state index >= 15 is 0 Å². The molecule has 2 aromatic carbocycles. The molecule has 0 radical (unpaired) electrons. The van der Waals surface area contributed by atoms with Gasteiger partial charge >= 0.3 is 0 Å². The zero-order valence-corrected chi connectivity index (χ0v) is 18.5. The van der Waals surface area contributed by atoms with Crippen molar-refractivity contribution in [3.8, 4) is 5.69 Å². The predicted octanol–water partition coefficient (Wildman–Crippen LogP) is 3.20. The van der Waals surface area contributed by atoms with E-state index in [-0.39, 0.29) is 27.4 Å². The number of aromatic nitrogens is 3. The lowest BCUT2D eigenvalue weighted by molar-refractivity contribution is 0.0939. The van der Waals surface area contributed by atoms with E-state index in [1.165, 1.54) is 28.8 Å². The van der Waals surface area contributed by atoms with E-state index in [1.54, 1.807) is 11.0 Å². The molecule has 0 spiro atoms. The second-order valence-corrected chi connectivity index (χ2v) is 9.70. The summed E-state index contributed by atoms with van der Waals surface area (Å²) < 4.78 is 28.9. The number of sulfonamides is 1. The summed E-state index contributed by atoms with van der Waals surface area (Å²) in [5.41, 5.74) is 2.00. The lowest BCUT2D eigenvalue weighted by Crippen LogP contribution is -2.29. The molecule has 1 aliphatic heterocycles. The van der Waals surface area contributed by atoms with Crippen LogP contribution in [0.1, 0.15) is 41.7 Å². The number of amides is 1. The van der Waals surface area contributed by atoms with Gasteiger partial charge in [0.05, 0.1) is 16.8 Å². The standard InChI is InChI=1S/C21H22ClN5O3S/c1-15(16-4-7-18(8-5-16)27-14-23-13-24-27)25-21(28)17-6-9-19(22)20(12-17)31(29,30)26-10-2-3-11-26/h4-9,12-15H,2-3,10-11H2,1H3,(H,25,28)/t15-/m0/s1.